The van der Waals surface area contributed by atoms with Gasteiger partial charge < -0.3 is 9.15 Å². The molecule has 0 atom stereocenters. The molecule has 0 amide bonds. The third-order valence-corrected chi connectivity index (χ3v) is 5.56. The summed E-state index contributed by atoms with van der Waals surface area (Å²) in [6.45, 7) is 0.147. The molecule has 0 N–H and O–H groups in total. The number of hydrogen-bond acceptors (Lipinski definition) is 8. The van der Waals surface area contributed by atoms with Gasteiger partial charge in [0.1, 0.15) is 28.4 Å². The molecule has 0 aliphatic carbocycles. The number of thiazole rings is 1. The summed E-state index contributed by atoms with van der Waals surface area (Å²) < 4.78 is 13.0. The van der Waals surface area contributed by atoms with Crippen molar-refractivity contribution in [3.8, 4) is 17.1 Å². The van der Waals surface area contributed by atoms with Gasteiger partial charge in [0.15, 0.2) is 5.82 Å². The first-order valence-corrected chi connectivity index (χ1v) is 10.3. The van der Waals surface area contributed by atoms with Crippen molar-refractivity contribution in [3.63, 3.8) is 0 Å². The molecule has 0 aliphatic rings. The maximum absolute atomic E-state index is 12.7. The van der Waals surface area contributed by atoms with E-state index >= 15 is 0 Å². The van der Waals surface area contributed by atoms with Crippen molar-refractivity contribution in [2.75, 3.05) is 0 Å². The lowest BCUT2D eigenvalue weighted by molar-refractivity contribution is -0.384. The van der Waals surface area contributed by atoms with E-state index in [-0.39, 0.29) is 17.9 Å². The van der Waals surface area contributed by atoms with E-state index in [1.807, 2.05) is 30.3 Å². The van der Waals surface area contributed by atoms with Gasteiger partial charge in [0.2, 0.25) is 4.96 Å². The van der Waals surface area contributed by atoms with E-state index in [0.717, 1.165) is 0 Å². The lowest BCUT2D eigenvalue weighted by atomic mass is 10.1. The van der Waals surface area contributed by atoms with E-state index in [1.165, 1.54) is 21.9 Å². The number of aromatic nitrogens is 3. The zero-order valence-electron chi connectivity index (χ0n) is 16.4. The fourth-order valence-corrected chi connectivity index (χ4v) is 4.05. The Morgan fingerprint density at radius 3 is 2.66 bits per heavy atom. The molecule has 3 heterocycles. The number of hydrogen-bond donors (Lipinski definition) is 0. The number of para-hydroxylation sites is 2. The summed E-state index contributed by atoms with van der Waals surface area (Å²) in [5, 5.41) is 15.5. The van der Waals surface area contributed by atoms with Gasteiger partial charge in [-0.15, -0.1) is 5.10 Å². The van der Waals surface area contributed by atoms with Crippen LogP contribution in [-0.4, -0.2) is 19.5 Å². The SMILES string of the molecule is O=c1c(=Cc2ccc(-c3ccccc3[N+](=O)[O-])o2)sc2nc(COc3ccccc3)nn12. The lowest BCUT2D eigenvalue weighted by Gasteiger charge is -2.01. The quantitative estimate of drug-likeness (QED) is 0.290. The normalized spacial score (nSPS) is 11.8. The van der Waals surface area contributed by atoms with Crippen LogP contribution in [0.4, 0.5) is 5.69 Å². The number of nitro benzene ring substituents is 1. The maximum atomic E-state index is 12.7. The van der Waals surface area contributed by atoms with Crippen molar-refractivity contribution in [3.05, 3.63) is 103 Å². The summed E-state index contributed by atoms with van der Waals surface area (Å²) in [7, 11) is 0. The van der Waals surface area contributed by atoms with Crippen LogP contribution >= 0.6 is 11.3 Å². The molecular formula is C22H14N4O5S. The summed E-state index contributed by atoms with van der Waals surface area (Å²) in [5.74, 6) is 1.83. The van der Waals surface area contributed by atoms with Crippen molar-refractivity contribution >= 4 is 28.1 Å². The van der Waals surface area contributed by atoms with Crippen molar-refractivity contribution in [2.45, 2.75) is 6.61 Å². The maximum Gasteiger partial charge on any atom is 0.291 e. The van der Waals surface area contributed by atoms with Crippen LogP contribution in [0.15, 0.2) is 75.9 Å². The van der Waals surface area contributed by atoms with E-state index in [1.54, 1.807) is 36.4 Å². The van der Waals surface area contributed by atoms with E-state index in [9.17, 15) is 14.9 Å². The second-order valence-corrected chi connectivity index (χ2v) is 7.73. The summed E-state index contributed by atoms with van der Waals surface area (Å²) in [6.07, 6.45) is 1.57. The van der Waals surface area contributed by atoms with Gasteiger partial charge in [-0.2, -0.15) is 9.50 Å². The molecular weight excluding hydrogens is 432 g/mol. The van der Waals surface area contributed by atoms with Gasteiger partial charge in [-0.25, -0.2) is 0 Å². The Bertz CT molecular complexity index is 1540. The highest BCUT2D eigenvalue weighted by Gasteiger charge is 2.17. The van der Waals surface area contributed by atoms with Crippen LogP contribution in [0.25, 0.3) is 22.4 Å². The Morgan fingerprint density at radius 2 is 1.88 bits per heavy atom. The number of furan rings is 1. The Balaban J connectivity index is 1.41. The van der Waals surface area contributed by atoms with Gasteiger partial charge in [-0.3, -0.25) is 14.9 Å². The van der Waals surface area contributed by atoms with E-state index < -0.39 is 4.92 Å². The Labute approximate surface area is 184 Å². The standard InChI is InChI=1S/C22H14N4O5S/c27-21-19(12-15-10-11-18(31-15)16-8-4-5-9-17(16)26(28)29)32-22-23-20(24-25(21)22)13-30-14-6-2-1-3-7-14/h1-12H,13H2. The number of ether oxygens (including phenoxy) is 1. The van der Waals surface area contributed by atoms with Crippen LogP contribution in [0.1, 0.15) is 11.6 Å². The first kappa shape index (κ1) is 19.6. The largest absolute Gasteiger partial charge is 0.486 e. The van der Waals surface area contributed by atoms with Crippen LogP contribution in [0.3, 0.4) is 0 Å². The summed E-state index contributed by atoms with van der Waals surface area (Å²) in [5.41, 5.74) is -0.0146. The lowest BCUT2D eigenvalue weighted by Crippen LogP contribution is -2.23. The molecule has 0 unspecified atom stereocenters. The number of benzene rings is 2. The number of nitrogens with zero attached hydrogens (tertiary/aromatic N) is 4. The molecule has 2 aromatic carbocycles. The van der Waals surface area contributed by atoms with Gasteiger partial charge in [0.25, 0.3) is 11.2 Å². The Hall–Kier alpha value is -4.31. The Kier molecular flexibility index (Phi) is 4.96. The molecule has 0 bridgehead atoms. The van der Waals surface area contributed by atoms with E-state index in [2.05, 4.69) is 10.1 Å². The van der Waals surface area contributed by atoms with Gasteiger partial charge in [0.05, 0.1) is 10.5 Å². The molecule has 0 fully saturated rings. The van der Waals surface area contributed by atoms with Gasteiger partial charge in [-0.05, 0) is 30.3 Å². The van der Waals surface area contributed by atoms with Crippen molar-refractivity contribution in [1.29, 1.82) is 0 Å². The molecule has 5 rings (SSSR count). The van der Waals surface area contributed by atoms with Crippen LogP contribution in [0.2, 0.25) is 0 Å². The highest BCUT2D eigenvalue weighted by atomic mass is 32.1. The van der Waals surface area contributed by atoms with Gasteiger partial charge in [0, 0.05) is 12.1 Å². The third-order valence-electron chi connectivity index (χ3n) is 4.60. The fraction of sp³-hybridized carbons (Fsp3) is 0.0455. The monoisotopic (exact) mass is 446 g/mol. The third kappa shape index (κ3) is 3.74. The zero-order chi connectivity index (χ0) is 22.1. The average molecular weight is 446 g/mol. The molecule has 0 saturated carbocycles. The molecule has 0 saturated heterocycles. The van der Waals surface area contributed by atoms with Crippen molar-refractivity contribution in [1.82, 2.24) is 14.6 Å². The molecule has 32 heavy (non-hydrogen) atoms. The second-order valence-electron chi connectivity index (χ2n) is 6.72. The molecule has 0 spiro atoms. The molecule has 158 valence electrons. The van der Waals surface area contributed by atoms with E-state index in [0.29, 0.717) is 38.2 Å². The van der Waals surface area contributed by atoms with Crippen LogP contribution in [0, 0.1) is 10.1 Å². The smallest absolute Gasteiger partial charge is 0.291 e. The molecule has 3 aromatic heterocycles. The predicted octanol–water partition coefficient (Wildman–Crippen LogP) is 3.45. The molecule has 0 aliphatic heterocycles. The molecule has 0 radical (unpaired) electrons. The number of fused-ring (bicyclic) bond motifs is 1. The molecule has 5 aromatic rings. The van der Waals surface area contributed by atoms with Crippen molar-refractivity contribution in [2.24, 2.45) is 0 Å². The van der Waals surface area contributed by atoms with Crippen molar-refractivity contribution < 1.29 is 14.1 Å². The van der Waals surface area contributed by atoms with Gasteiger partial charge in [-0.1, -0.05) is 41.7 Å². The average Bonchev–Trinajstić information content (AvgIpc) is 3.50. The first-order valence-electron chi connectivity index (χ1n) is 9.50. The molecule has 10 heteroatoms. The summed E-state index contributed by atoms with van der Waals surface area (Å²) >= 11 is 1.17. The summed E-state index contributed by atoms with van der Waals surface area (Å²) in [4.78, 5) is 28.3. The minimum absolute atomic E-state index is 0.0537. The van der Waals surface area contributed by atoms with E-state index in [4.69, 9.17) is 9.15 Å². The zero-order valence-corrected chi connectivity index (χ0v) is 17.2. The van der Waals surface area contributed by atoms with Crippen LogP contribution in [-0.2, 0) is 6.61 Å². The summed E-state index contributed by atoms with van der Waals surface area (Å²) in [6, 6.07) is 18.9. The second kappa shape index (κ2) is 8.08. The highest BCUT2D eigenvalue weighted by molar-refractivity contribution is 7.15. The highest BCUT2D eigenvalue weighted by Crippen LogP contribution is 2.30. The van der Waals surface area contributed by atoms with Crippen LogP contribution in [0.5, 0.6) is 5.75 Å². The fourth-order valence-electron chi connectivity index (χ4n) is 3.15. The molecule has 9 nitrogen and oxygen atoms in total. The minimum atomic E-state index is -0.462. The predicted molar refractivity (Wildman–Crippen MR) is 117 cm³/mol. The van der Waals surface area contributed by atoms with Gasteiger partial charge >= 0.3 is 0 Å². The number of rotatable bonds is 6. The van der Waals surface area contributed by atoms with Crippen LogP contribution < -0.4 is 14.8 Å². The Morgan fingerprint density at radius 1 is 1.09 bits per heavy atom. The number of nitro groups is 1. The topological polar surface area (TPSA) is 113 Å². The minimum Gasteiger partial charge on any atom is -0.486 e. The first-order chi connectivity index (χ1) is 15.6.